The predicted molar refractivity (Wildman–Crippen MR) is 84.4 cm³/mol. The van der Waals surface area contributed by atoms with Crippen molar-refractivity contribution in [3.05, 3.63) is 65.7 Å². The van der Waals surface area contributed by atoms with Gasteiger partial charge in [-0.3, -0.25) is 0 Å². The lowest BCUT2D eigenvalue weighted by Gasteiger charge is -2.19. The zero-order valence-electron chi connectivity index (χ0n) is 12.3. The van der Waals surface area contributed by atoms with Crippen molar-refractivity contribution in [1.82, 2.24) is 5.32 Å². The Morgan fingerprint density at radius 3 is 2.40 bits per heavy atom. The summed E-state index contributed by atoms with van der Waals surface area (Å²) >= 11 is 0. The summed E-state index contributed by atoms with van der Waals surface area (Å²) in [6, 6.07) is 19.0. The van der Waals surface area contributed by atoms with Crippen molar-refractivity contribution in [2.75, 3.05) is 20.7 Å². The van der Waals surface area contributed by atoms with Crippen molar-refractivity contribution in [3.8, 4) is 5.75 Å². The van der Waals surface area contributed by atoms with Crippen molar-refractivity contribution in [1.29, 1.82) is 0 Å². The number of ether oxygens (including phenoxy) is 1. The van der Waals surface area contributed by atoms with E-state index in [1.54, 1.807) is 7.11 Å². The number of nitrogens with one attached hydrogen (secondary N) is 1. The van der Waals surface area contributed by atoms with E-state index in [1.807, 2.05) is 19.2 Å². The molecule has 0 aliphatic heterocycles. The zero-order valence-corrected chi connectivity index (χ0v) is 12.3. The van der Waals surface area contributed by atoms with Crippen LogP contribution in [0, 0.1) is 0 Å². The molecular formula is C18H23NO. The number of benzene rings is 2. The predicted octanol–water partition coefficient (Wildman–Crippen LogP) is 3.63. The van der Waals surface area contributed by atoms with Crippen LogP contribution in [0.15, 0.2) is 54.6 Å². The summed E-state index contributed by atoms with van der Waals surface area (Å²) in [7, 11) is 3.75. The third kappa shape index (κ3) is 3.84. The van der Waals surface area contributed by atoms with Gasteiger partial charge in [0.05, 0.1) is 7.11 Å². The second kappa shape index (κ2) is 7.71. The first-order chi connectivity index (χ1) is 9.85. The van der Waals surface area contributed by atoms with Crippen LogP contribution in [0.1, 0.15) is 23.5 Å². The summed E-state index contributed by atoms with van der Waals surface area (Å²) in [5.74, 6) is 1.50. The number of hydrogen-bond acceptors (Lipinski definition) is 2. The molecule has 1 unspecified atom stereocenters. The largest absolute Gasteiger partial charge is 0.496 e. The Balaban J connectivity index is 2.19. The SMILES string of the molecule is CNCCC(Cc1ccccc1OC)c1ccccc1. The lowest BCUT2D eigenvalue weighted by Crippen LogP contribution is -2.14. The van der Waals surface area contributed by atoms with E-state index in [9.17, 15) is 0 Å². The smallest absolute Gasteiger partial charge is 0.122 e. The molecule has 0 spiro atoms. The lowest BCUT2D eigenvalue weighted by atomic mass is 9.89. The zero-order chi connectivity index (χ0) is 14.2. The summed E-state index contributed by atoms with van der Waals surface area (Å²) in [4.78, 5) is 0. The second-order valence-corrected chi connectivity index (χ2v) is 5.02. The Bertz CT molecular complexity index is 510. The highest BCUT2D eigenvalue weighted by Crippen LogP contribution is 2.28. The molecule has 2 aromatic rings. The van der Waals surface area contributed by atoms with Gasteiger partial charge in [0.15, 0.2) is 0 Å². The van der Waals surface area contributed by atoms with Crippen LogP contribution < -0.4 is 10.1 Å². The van der Waals surface area contributed by atoms with Crippen LogP contribution in [0.5, 0.6) is 5.75 Å². The van der Waals surface area contributed by atoms with Crippen molar-refractivity contribution in [2.24, 2.45) is 0 Å². The maximum absolute atomic E-state index is 5.47. The maximum atomic E-state index is 5.47. The minimum atomic E-state index is 0.514. The molecule has 2 heteroatoms. The first kappa shape index (κ1) is 14.6. The van der Waals surface area contributed by atoms with Crippen molar-refractivity contribution < 1.29 is 4.74 Å². The van der Waals surface area contributed by atoms with Gasteiger partial charge in [0, 0.05) is 0 Å². The van der Waals surface area contributed by atoms with Crippen LogP contribution >= 0.6 is 0 Å². The monoisotopic (exact) mass is 269 g/mol. The highest BCUT2D eigenvalue weighted by molar-refractivity contribution is 5.35. The fraction of sp³-hybridized carbons (Fsp3) is 0.333. The molecule has 0 bridgehead atoms. The summed E-state index contributed by atoms with van der Waals surface area (Å²) in [6.45, 7) is 1.02. The molecule has 106 valence electrons. The molecule has 0 fully saturated rings. The third-order valence-electron chi connectivity index (χ3n) is 3.67. The van der Waals surface area contributed by atoms with E-state index in [2.05, 4.69) is 47.8 Å². The van der Waals surface area contributed by atoms with E-state index in [0.717, 1.165) is 25.1 Å². The Labute approximate surface area is 121 Å². The van der Waals surface area contributed by atoms with Crippen molar-refractivity contribution in [3.63, 3.8) is 0 Å². The van der Waals surface area contributed by atoms with Gasteiger partial charge in [-0.15, -0.1) is 0 Å². The van der Waals surface area contributed by atoms with E-state index in [1.165, 1.54) is 11.1 Å². The van der Waals surface area contributed by atoms with Crippen molar-refractivity contribution in [2.45, 2.75) is 18.8 Å². The molecule has 2 rings (SSSR count). The first-order valence-corrected chi connectivity index (χ1v) is 7.16. The van der Waals surface area contributed by atoms with Gasteiger partial charge in [-0.1, -0.05) is 48.5 Å². The first-order valence-electron chi connectivity index (χ1n) is 7.16. The molecule has 0 aliphatic rings. The molecule has 0 radical (unpaired) electrons. The van der Waals surface area contributed by atoms with Gasteiger partial charge in [0.25, 0.3) is 0 Å². The average Bonchev–Trinajstić information content (AvgIpc) is 2.52. The fourth-order valence-corrected chi connectivity index (χ4v) is 2.57. The second-order valence-electron chi connectivity index (χ2n) is 5.02. The molecule has 0 saturated heterocycles. The summed E-state index contributed by atoms with van der Waals surface area (Å²) < 4.78 is 5.47. The van der Waals surface area contributed by atoms with Gasteiger partial charge >= 0.3 is 0 Å². The highest BCUT2D eigenvalue weighted by Gasteiger charge is 2.14. The maximum Gasteiger partial charge on any atom is 0.122 e. The topological polar surface area (TPSA) is 21.3 Å². The molecule has 1 atom stereocenters. The van der Waals surface area contributed by atoms with Crippen LogP contribution in [0.3, 0.4) is 0 Å². The van der Waals surface area contributed by atoms with Crippen LogP contribution in [0.25, 0.3) is 0 Å². The van der Waals surface area contributed by atoms with Gasteiger partial charge in [0.2, 0.25) is 0 Å². The Kier molecular flexibility index (Phi) is 5.63. The van der Waals surface area contributed by atoms with Gasteiger partial charge in [0.1, 0.15) is 5.75 Å². The molecule has 1 N–H and O–H groups in total. The molecule has 2 nitrogen and oxygen atoms in total. The van der Waals surface area contributed by atoms with E-state index in [4.69, 9.17) is 4.74 Å². The fourth-order valence-electron chi connectivity index (χ4n) is 2.57. The minimum Gasteiger partial charge on any atom is -0.496 e. The number of methoxy groups -OCH3 is 1. The van der Waals surface area contributed by atoms with E-state index in [-0.39, 0.29) is 0 Å². The van der Waals surface area contributed by atoms with Gasteiger partial charge in [-0.25, -0.2) is 0 Å². The standard InChI is InChI=1S/C18H23NO/c1-19-13-12-16(15-8-4-3-5-9-15)14-17-10-6-7-11-18(17)20-2/h3-11,16,19H,12-14H2,1-2H3. The van der Waals surface area contributed by atoms with Crippen LogP contribution in [-0.4, -0.2) is 20.7 Å². The van der Waals surface area contributed by atoms with Crippen LogP contribution in [0.4, 0.5) is 0 Å². The van der Waals surface area contributed by atoms with Crippen LogP contribution in [-0.2, 0) is 6.42 Å². The average molecular weight is 269 g/mol. The molecule has 2 aromatic carbocycles. The van der Waals surface area contributed by atoms with E-state index < -0.39 is 0 Å². The lowest BCUT2D eigenvalue weighted by molar-refractivity contribution is 0.407. The van der Waals surface area contributed by atoms with Gasteiger partial charge in [-0.2, -0.15) is 0 Å². The quantitative estimate of drug-likeness (QED) is 0.828. The normalized spacial score (nSPS) is 12.1. The van der Waals surface area contributed by atoms with Gasteiger partial charge < -0.3 is 10.1 Å². The number of rotatable bonds is 7. The number of hydrogen-bond donors (Lipinski definition) is 1. The van der Waals surface area contributed by atoms with Crippen LogP contribution in [0.2, 0.25) is 0 Å². The highest BCUT2D eigenvalue weighted by atomic mass is 16.5. The Morgan fingerprint density at radius 1 is 1.00 bits per heavy atom. The Morgan fingerprint density at radius 2 is 1.70 bits per heavy atom. The molecule has 0 amide bonds. The summed E-state index contributed by atoms with van der Waals surface area (Å²) in [5.41, 5.74) is 2.67. The molecular weight excluding hydrogens is 246 g/mol. The molecule has 0 aliphatic carbocycles. The third-order valence-corrected chi connectivity index (χ3v) is 3.67. The Hall–Kier alpha value is -1.80. The molecule has 0 saturated carbocycles. The molecule has 0 heterocycles. The minimum absolute atomic E-state index is 0.514. The van der Waals surface area contributed by atoms with E-state index >= 15 is 0 Å². The summed E-state index contributed by atoms with van der Waals surface area (Å²) in [6.07, 6.45) is 2.13. The molecule has 0 aromatic heterocycles. The van der Waals surface area contributed by atoms with E-state index in [0.29, 0.717) is 5.92 Å². The number of para-hydroxylation sites is 1. The van der Waals surface area contributed by atoms with Gasteiger partial charge in [-0.05, 0) is 49.5 Å². The van der Waals surface area contributed by atoms with Crippen molar-refractivity contribution >= 4 is 0 Å². The molecule has 20 heavy (non-hydrogen) atoms. The summed E-state index contributed by atoms with van der Waals surface area (Å²) in [5, 5.41) is 3.25.